The Hall–Kier alpha value is -3.68. The zero-order valence-corrected chi connectivity index (χ0v) is 25.8. The molecule has 3 aromatic rings. The SMILES string of the molecule is NC(=O)c1ccc(CCCN2CCC(CNC3CC3c3ccc(C(=O)N4CCCCC4)cc3)CC2)cc1-c1ccccc1N. The fraction of sp³-hybridized carbons (Fsp3) is 0.459. The van der Waals surface area contributed by atoms with E-state index in [-0.39, 0.29) is 5.91 Å². The Morgan fingerprint density at radius 2 is 1.61 bits per heavy atom. The first-order chi connectivity index (χ1) is 21.5. The number of primary amides is 1. The molecule has 0 spiro atoms. The van der Waals surface area contributed by atoms with E-state index in [4.69, 9.17) is 11.5 Å². The number of likely N-dealkylation sites (tertiary alicyclic amines) is 2. The van der Waals surface area contributed by atoms with Crippen molar-refractivity contribution in [1.82, 2.24) is 15.1 Å². The maximum Gasteiger partial charge on any atom is 0.253 e. The minimum atomic E-state index is -0.431. The number of hydrogen-bond donors (Lipinski definition) is 3. The van der Waals surface area contributed by atoms with Crippen LogP contribution in [0.2, 0.25) is 0 Å². The molecule has 2 atom stereocenters. The second-order valence-electron chi connectivity index (χ2n) is 13.1. The van der Waals surface area contributed by atoms with E-state index in [1.807, 2.05) is 53.4 Å². The van der Waals surface area contributed by atoms with Gasteiger partial charge >= 0.3 is 0 Å². The molecule has 44 heavy (non-hydrogen) atoms. The van der Waals surface area contributed by atoms with Gasteiger partial charge in [0.05, 0.1) is 0 Å². The van der Waals surface area contributed by atoms with Crippen LogP contribution in [0.15, 0.2) is 66.7 Å². The predicted octanol–water partition coefficient (Wildman–Crippen LogP) is 5.45. The molecule has 2 saturated heterocycles. The van der Waals surface area contributed by atoms with E-state index in [1.165, 1.54) is 36.8 Å². The van der Waals surface area contributed by atoms with Crippen LogP contribution in [0, 0.1) is 5.92 Å². The van der Waals surface area contributed by atoms with Gasteiger partial charge in [-0.25, -0.2) is 0 Å². The van der Waals surface area contributed by atoms with Crippen LogP contribution in [-0.4, -0.2) is 66.9 Å². The lowest BCUT2D eigenvalue weighted by Gasteiger charge is -2.32. The number of carbonyl (C=O) groups excluding carboxylic acids is 2. The molecule has 5 N–H and O–H groups in total. The van der Waals surface area contributed by atoms with Gasteiger partial charge in [0.25, 0.3) is 5.91 Å². The first kappa shape index (κ1) is 30.4. The van der Waals surface area contributed by atoms with Crippen molar-refractivity contribution in [3.63, 3.8) is 0 Å². The smallest absolute Gasteiger partial charge is 0.253 e. The van der Waals surface area contributed by atoms with Crippen molar-refractivity contribution in [1.29, 1.82) is 0 Å². The summed E-state index contributed by atoms with van der Waals surface area (Å²) in [6.45, 7) is 6.28. The number of amides is 2. The van der Waals surface area contributed by atoms with Crippen molar-refractivity contribution >= 4 is 17.5 Å². The summed E-state index contributed by atoms with van der Waals surface area (Å²) >= 11 is 0. The lowest BCUT2D eigenvalue weighted by molar-refractivity contribution is 0.0724. The van der Waals surface area contributed by atoms with E-state index in [0.717, 1.165) is 87.6 Å². The number of rotatable bonds is 11. The van der Waals surface area contributed by atoms with E-state index < -0.39 is 5.91 Å². The van der Waals surface area contributed by atoms with Gasteiger partial charge in [-0.2, -0.15) is 0 Å². The van der Waals surface area contributed by atoms with Crippen LogP contribution in [0.5, 0.6) is 0 Å². The number of hydrogen-bond acceptors (Lipinski definition) is 5. The summed E-state index contributed by atoms with van der Waals surface area (Å²) in [5, 5.41) is 3.84. The van der Waals surface area contributed by atoms with E-state index >= 15 is 0 Å². The third-order valence-electron chi connectivity index (χ3n) is 9.94. The number of nitrogens with two attached hydrogens (primary N) is 2. The summed E-state index contributed by atoms with van der Waals surface area (Å²) in [5.74, 6) is 1.07. The summed E-state index contributed by atoms with van der Waals surface area (Å²) in [6, 6.07) is 22.6. The highest BCUT2D eigenvalue weighted by Gasteiger charge is 2.38. The van der Waals surface area contributed by atoms with Crippen LogP contribution in [-0.2, 0) is 6.42 Å². The fourth-order valence-electron chi connectivity index (χ4n) is 7.11. The van der Waals surface area contributed by atoms with Crippen molar-refractivity contribution in [2.24, 2.45) is 11.7 Å². The molecule has 2 heterocycles. The molecule has 3 fully saturated rings. The monoisotopic (exact) mass is 593 g/mol. The molecule has 2 amide bonds. The molecular formula is C37H47N5O2. The average molecular weight is 594 g/mol. The number of nitrogen functional groups attached to an aromatic ring is 1. The van der Waals surface area contributed by atoms with E-state index in [9.17, 15) is 9.59 Å². The van der Waals surface area contributed by atoms with Gasteiger partial charge < -0.3 is 26.6 Å². The second kappa shape index (κ2) is 14.0. The Morgan fingerprint density at radius 1 is 0.864 bits per heavy atom. The summed E-state index contributed by atoms with van der Waals surface area (Å²) < 4.78 is 0. The second-order valence-corrected chi connectivity index (χ2v) is 13.1. The van der Waals surface area contributed by atoms with Gasteiger partial charge in [0.2, 0.25) is 5.91 Å². The Balaban J connectivity index is 0.908. The molecule has 6 rings (SSSR count). The highest BCUT2D eigenvalue weighted by atomic mass is 16.2. The van der Waals surface area contributed by atoms with Crippen LogP contribution in [0.4, 0.5) is 5.69 Å². The van der Waals surface area contributed by atoms with Crippen LogP contribution < -0.4 is 16.8 Å². The minimum absolute atomic E-state index is 0.190. The topological polar surface area (TPSA) is 105 Å². The van der Waals surface area contributed by atoms with Gasteiger partial charge in [-0.3, -0.25) is 9.59 Å². The average Bonchev–Trinajstić information content (AvgIpc) is 3.84. The molecule has 232 valence electrons. The minimum Gasteiger partial charge on any atom is -0.398 e. The first-order valence-corrected chi connectivity index (χ1v) is 16.6. The fourth-order valence-corrected chi connectivity index (χ4v) is 7.11. The molecule has 1 saturated carbocycles. The van der Waals surface area contributed by atoms with Crippen molar-refractivity contribution in [3.8, 4) is 11.1 Å². The molecule has 2 aliphatic heterocycles. The predicted molar refractivity (Wildman–Crippen MR) is 178 cm³/mol. The number of anilines is 1. The van der Waals surface area contributed by atoms with Gasteiger partial charge in [-0.15, -0.1) is 0 Å². The number of aryl methyl sites for hydroxylation is 1. The van der Waals surface area contributed by atoms with Crippen LogP contribution >= 0.6 is 0 Å². The lowest BCUT2D eigenvalue weighted by atomic mass is 9.94. The quantitative estimate of drug-likeness (QED) is 0.257. The maximum atomic E-state index is 12.8. The maximum absolute atomic E-state index is 12.8. The lowest BCUT2D eigenvalue weighted by Crippen LogP contribution is -2.38. The summed E-state index contributed by atoms with van der Waals surface area (Å²) in [5.41, 5.74) is 18.1. The molecular weight excluding hydrogens is 546 g/mol. The Kier molecular flexibility index (Phi) is 9.63. The van der Waals surface area contributed by atoms with E-state index in [1.54, 1.807) is 0 Å². The molecule has 0 aromatic heterocycles. The Labute approximate surface area is 262 Å². The largest absolute Gasteiger partial charge is 0.398 e. The van der Waals surface area contributed by atoms with Crippen molar-refractivity contribution < 1.29 is 9.59 Å². The van der Waals surface area contributed by atoms with Crippen molar-refractivity contribution in [2.45, 2.75) is 63.3 Å². The molecule has 3 aliphatic rings. The standard InChI is InChI=1S/C37H47N5O2/c38-34-9-3-2-8-30(34)33-23-26(10-15-31(33)36(39)43)7-6-18-41-21-16-27(17-22-41)25-40-35-24-32(35)28-11-13-29(14-12-28)37(44)42-19-4-1-5-20-42/h2-3,8-15,23,27,32,35,40H,1,4-7,16-22,24-25,38H2,(H2,39,43). The van der Waals surface area contributed by atoms with Gasteiger partial charge in [0, 0.05) is 47.4 Å². The van der Waals surface area contributed by atoms with Gasteiger partial charge in [0.1, 0.15) is 0 Å². The van der Waals surface area contributed by atoms with Crippen LogP contribution in [0.3, 0.4) is 0 Å². The van der Waals surface area contributed by atoms with Gasteiger partial charge in [0.15, 0.2) is 0 Å². The van der Waals surface area contributed by atoms with E-state index in [2.05, 4.69) is 28.4 Å². The summed E-state index contributed by atoms with van der Waals surface area (Å²) in [6.07, 6.45) is 9.19. The number of nitrogens with zero attached hydrogens (tertiary/aromatic N) is 2. The molecule has 7 nitrogen and oxygen atoms in total. The van der Waals surface area contributed by atoms with Crippen LogP contribution in [0.25, 0.3) is 11.1 Å². The van der Waals surface area contributed by atoms with Crippen molar-refractivity contribution in [2.75, 3.05) is 45.0 Å². The highest BCUT2D eigenvalue weighted by molar-refractivity contribution is 6.01. The van der Waals surface area contributed by atoms with Crippen molar-refractivity contribution in [3.05, 3.63) is 89.0 Å². The van der Waals surface area contributed by atoms with Gasteiger partial charge in [-0.1, -0.05) is 42.5 Å². The molecule has 3 aromatic carbocycles. The number of nitrogens with one attached hydrogen (secondary N) is 1. The number of carbonyl (C=O) groups is 2. The molecule has 1 aliphatic carbocycles. The Morgan fingerprint density at radius 3 is 2.34 bits per heavy atom. The molecule has 7 heteroatoms. The van der Waals surface area contributed by atoms with Crippen LogP contribution in [0.1, 0.15) is 82.7 Å². The molecule has 0 radical (unpaired) electrons. The number of benzene rings is 3. The first-order valence-electron chi connectivity index (χ1n) is 16.6. The van der Waals surface area contributed by atoms with E-state index in [0.29, 0.717) is 23.2 Å². The molecule has 2 unspecified atom stereocenters. The summed E-state index contributed by atoms with van der Waals surface area (Å²) in [7, 11) is 0. The van der Waals surface area contributed by atoms with Gasteiger partial charge in [-0.05, 0) is 124 Å². The normalized spacial score (nSPS) is 20.9. The number of piperidine rings is 2. The zero-order valence-electron chi connectivity index (χ0n) is 25.8. The zero-order chi connectivity index (χ0) is 30.5. The highest BCUT2D eigenvalue weighted by Crippen LogP contribution is 2.41. The third kappa shape index (κ3) is 7.33. The Bertz CT molecular complexity index is 1440. The summed E-state index contributed by atoms with van der Waals surface area (Å²) in [4.78, 5) is 29.5. The third-order valence-corrected chi connectivity index (χ3v) is 9.94. The molecule has 0 bridgehead atoms. The number of para-hydroxylation sites is 1.